The maximum Gasteiger partial charge on any atom is 0.257 e. The van der Waals surface area contributed by atoms with Gasteiger partial charge >= 0.3 is 0 Å². The Kier molecular flexibility index (Phi) is 5.33. The van der Waals surface area contributed by atoms with Gasteiger partial charge in [0, 0.05) is 23.5 Å². The predicted molar refractivity (Wildman–Crippen MR) is 94.5 cm³/mol. The highest BCUT2D eigenvalue weighted by molar-refractivity contribution is 7.09. The lowest BCUT2D eigenvalue weighted by molar-refractivity contribution is 0.0742. The van der Waals surface area contributed by atoms with Gasteiger partial charge in [-0.05, 0) is 36.1 Å². The first-order chi connectivity index (χ1) is 11.8. The summed E-state index contributed by atoms with van der Waals surface area (Å²) in [6.07, 6.45) is 4.13. The summed E-state index contributed by atoms with van der Waals surface area (Å²) in [7, 11) is 1.58. The normalized spacial score (nSPS) is 10.5. The van der Waals surface area contributed by atoms with Crippen molar-refractivity contribution < 1.29 is 13.9 Å². The van der Waals surface area contributed by atoms with Crippen molar-refractivity contribution in [2.45, 2.75) is 13.0 Å². The molecular formula is C19H19NO3S. The van der Waals surface area contributed by atoms with Crippen molar-refractivity contribution in [3.8, 4) is 5.75 Å². The first kappa shape index (κ1) is 16.3. The number of carbonyl (C=O) groups excluding carboxylic acids is 1. The van der Waals surface area contributed by atoms with E-state index in [9.17, 15) is 4.79 Å². The van der Waals surface area contributed by atoms with Crippen LogP contribution in [0.25, 0.3) is 0 Å². The molecule has 3 aromatic rings. The lowest BCUT2D eigenvalue weighted by Crippen LogP contribution is -2.32. The molecule has 3 rings (SSSR count). The molecule has 0 N–H and O–H groups in total. The van der Waals surface area contributed by atoms with E-state index < -0.39 is 0 Å². The smallest absolute Gasteiger partial charge is 0.257 e. The van der Waals surface area contributed by atoms with Crippen molar-refractivity contribution in [2.75, 3.05) is 13.7 Å². The molecule has 24 heavy (non-hydrogen) atoms. The van der Waals surface area contributed by atoms with Crippen LogP contribution in [-0.4, -0.2) is 24.5 Å². The van der Waals surface area contributed by atoms with Crippen molar-refractivity contribution >= 4 is 17.2 Å². The van der Waals surface area contributed by atoms with Crippen LogP contribution in [0.1, 0.15) is 20.8 Å². The van der Waals surface area contributed by atoms with E-state index in [-0.39, 0.29) is 5.91 Å². The molecule has 0 bridgehead atoms. The highest BCUT2D eigenvalue weighted by Crippen LogP contribution is 2.21. The van der Waals surface area contributed by atoms with E-state index in [4.69, 9.17) is 9.15 Å². The zero-order chi connectivity index (χ0) is 16.8. The van der Waals surface area contributed by atoms with Crippen molar-refractivity contribution in [3.63, 3.8) is 0 Å². The van der Waals surface area contributed by atoms with Gasteiger partial charge < -0.3 is 14.1 Å². The summed E-state index contributed by atoms with van der Waals surface area (Å²) in [5, 5.41) is 2.05. The Labute approximate surface area is 145 Å². The predicted octanol–water partition coefficient (Wildman–Crippen LogP) is 4.23. The molecule has 0 aliphatic heterocycles. The Morgan fingerprint density at radius 1 is 1.21 bits per heavy atom. The molecule has 0 aliphatic carbocycles. The van der Waals surface area contributed by atoms with Gasteiger partial charge in [-0.3, -0.25) is 4.79 Å². The zero-order valence-electron chi connectivity index (χ0n) is 13.5. The van der Waals surface area contributed by atoms with Gasteiger partial charge in [0.1, 0.15) is 5.75 Å². The van der Waals surface area contributed by atoms with Crippen LogP contribution < -0.4 is 4.74 Å². The largest absolute Gasteiger partial charge is 0.496 e. The molecule has 1 aromatic carbocycles. The third-order valence-corrected chi connectivity index (χ3v) is 4.72. The van der Waals surface area contributed by atoms with E-state index in [0.29, 0.717) is 24.4 Å². The highest BCUT2D eigenvalue weighted by Gasteiger charge is 2.20. The topological polar surface area (TPSA) is 42.7 Å². The van der Waals surface area contributed by atoms with Crippen LogP contribution in [0.5, 0.6) is 5.75 Å². The number of thiophene rings is 1. The minimum atomic E-state index is -0.0368. The Morgan fingerprint density at radius 3 is 2.79 bits per heavy atom. The molecule has 0 radical (unpaired) electrons. The molecule has 2 aromatic heterocycles. The SMILES string of the molecule is COc1ccccc1C(=O)N(CCc1cccs1)Cc1ccoc1. The second-order valence-corrected chi connectivity index (χ2v) is 6.42. The van der Waals surface area contributed by atoms with Crippen LogP contribution in [-0.2, 0) is 13.0 Å². The Bertz CT molecular complexity index is 766. The summed E-state index contributed by atoms with van der Waals surface area (Å²) in [6, 6.07) is 13.3. The number of carbonyl (C=O) groups is 1. The minimum Gasteiger partial charge on any atom is -0.496 e. The van der Waals surface area contributed by atoms with Crippen LogP contribution in [0.3, 0.4) is 0 Å². The Balaban J connectivity index is 1.80. The van der Waals surface area contributed by atoms with Crippen LogP contribution in [0.15, 0.2) is 64.8 Å². The number of methoxy groups -OCH3 is 1. The molecule has 0 unspecified atom stereocenters. The average Bonchev–Trinajstić information content (AvgIpc) is 3.31. The molecule has 0 atom stereocenters. The van der Waals surface area contributed by atoms with Gasteiger partial charge in [0.2, 0.25) is 0 Å². The first-order valence-electron chi connectivity index (χ1n) is 7.73. The summed E-state index contributed by atoms with van der Waals surface area (Å²) < 4.78 is 10.5. The van der Waals surface area contributed by atoms with Gasteiger partial charge in [-0.15, -0.1) is 11.3 Å². The van der Waals surface area contributed by atoms with Crippen LogP contribution in [0.2, 0.25) is 0 Å². The van der Waals surface area contributed by atoms with Gasteiger partial charge in [-0.2, -0.15) is 0 Å². The Hall–Kier alpha value is -2.53. The monoisotopic (exact) mass is 341 g/mol. The summed E-state index contributed by atoms with van der Waals surface area (Å²) >= 11 is 1.71. The van der Waals surface area contributed by atoms with Crippen LogP contribution >= 0.6 is 11.3 Å². The molecule has 0 spiro atoms. The van der Waals surface area contributed by atoms with E-state index in [0.717, 1.165) is 12.0 Å². The van der Waals surface area contributed by atoms with E-state index in [1.807, 2.05) is 35.2 Å². The van der Waals surface area contributed by atoms with Crippen LogP contribution in [0.4, 0.5) is 0 Å². The van der Waals surface area contributed by atoms with Crippen molar-refractivity contribution in [3.05, 3.63) is 76.4 Å². The van der Waals surface area contributed by atoms with E-state index in [1.54, 1.807) is 37.0 Å². The molecule has 4 nitrogen and oxygen atoms in total. The number of ether oxygens (including phenoxy) is 1. The van der Waals surface area contributed by atoms with E-state index in [1.165, 1.54) is 4.88 Å². The first-order valence-corrected chi connectivity index (χ1v) is 8.61. The molecular weight excluding hydrogens is 322 g/mol. The lowest BCUT2D eigenvalue weighted by Gasteiger charge is -2.23. The van der Waals surface area contributed by atoms with Crippen LogP contribution in [0, 0.1) is 0 Å². The number of nitrogens with zero attached hydrogens (tertiary/aromatic N) is 1. The maximum absolute atomic E-state index is 13.0. The molecule has 0 saturated carbocycles. The summed E-state index contributed by atoms with van der Waals surface area (Å²) in [4.78, 5) is 16.1. The molecule has 0 aliphatic rings. The highest BCUT2D eigenvalue weighted by atomic mass is 32.1. The molecule has 0 saturated heterocycles. The number of hydrogen-bond donors (Lipinski definition) is 0. The number of rotatable bonds is 7. The van der Waals surface area contributed by atoms with Gasteiger partial charge in [-0.25, -0.2) is 0 Å². The molecule has 124 valence electrons. The lowest BCUT2D eigenvalue weighted by atomic mass is 10.1. The number of furan rings is 1. The summed E-state index contributed by atoms with van der Waals surface area (Å²) in [6.45, 7) is 1.15. The number of amides is 1. The zero-order valence-corrected chi connectivity index (χ0v) is 14.3. The average molecular weight is 341 g/mol. The second-order valence-electron chi connectivity index (χ2n) is 5.39. The van der Waals surface area contributed by atoms with Gasteiger partial charge in [0.05, 0.1) is 25.2 Å². The van der Waals surface area contributed by atoms with Crippen molar-refractivity contribution in [1.82, 2.24) is 4.90 Å². The number of benzene rings is 1. The molecule has 5 heteroatoms. The quantitative estimate of drug-likeness (QED) is 0.646. The van der Waals surface area contributed by atoms with Gasteiger partial charge in [-0.1, -0.05) is 18.2 Å². The summed E-state index contributed by atoms with van der Waals surface area (Å²) in [5.74, 6) is 0.557. The molecule has 2 heterocycles. The van der Waals surface area contributed by atoms with Crippen molar-refractivity contribution in [1.29, 1.82) is 0 Å². The fraction of sp³-hybridized carbons (Fsp3) is 0.211. The standard InChI is InChI=1S/C19H19NO3S/c1-22-18-7-3-2-6-17(18)19(21)20(13-15-9-11-23-14-15)10-8-16-5-4-12-24-16/h2-7,9,11-12,14H,8,10,13H2,1H3. The van der Waals surface area contributed by atoms with E-state index >= 15 is 0 Å². The fourth-order valence-corrected chi connectivity index (χ4v) is 3.25. The van der Waals surface area contributed by atoms with E-state index in [2.05, 4.69) is 11.4 Å². The van der Waals surface area contributed by atoms with Gasteiger partial charge in [0.15, 0.2) is 0 Å². The van der Waals surface area contributed by atoms with Crippen molar-refractivity contribution in [2.24, 2.45) is 0 Å². The Morgan fingerprint density at radius 2 is 2.08 bits per heavy atom. The fourth-order valence-electron chi connectivity index (χ4n) is 2.55. The minimum absolute atomic E-state index is 0.0368. The third kappa shape index (κ3) is 3.86. The third-order valence-electron chi connectivity index (χ3n) is 3.79. The van der Waals surface area contributed by atoms with Gasteiger partial charge in [0.25, 0.3) is 5.91 Å². The molecule has 1 amide bonds. The number of para-hydroxylation sites is 1. The maximum atomic E-state index is 13.0. The second kappa shape index (κ2) is 7.84. The molecule has 0 fully saturated rings. The summed E-state index contributed by atoms with van der Waals surface area (Å²) in [5.41, 5.74) is 1.55. The number of hydrogen-bond acceptors (Lipinski definition) is 4.